The van der Waals surface area contributed by atoms with Crippen LogP contribution in [0.15, 0.2) is 72.8 Å². The van der Waals surface area contributed by atoms with Crippen LogP contribution in [0.1, 0.15) is 16.7 Å². The molecule has 0 heterocycles. The quantitative estimate of drug-likeness (QED) is 0.640. The predicted molar refractivity (Wildman–Crippen MR) is 107 cm³/mol. The smallest absolute Gasteiger partial charge is 0.0387 e. The number of benzene rings is 3. The van der Waals surface area contributed by atoms with Crippen molar-refractivity contribution in [2.75, 3.05) is 0 Å². The van der Waals surface area contributed by atoms with E-state index in [1.54, 1.807) is 0 Å². The van der Waals surface area contributed by atoms with E-state index >= 15 is 0 Å². The highest BCUT2D eigenvalue weighted by Crippen LogP contribution is 2.45. The van der Waals surface area contributed by atoms with Crippen LogP contribution in [-0.2, 0) is 11.8 Å². The molecule has 0 N–H and O–H groups in total. The van der Waals surface area contributed by atoms with Crippen molar-refractivity contribution in [1.29, 1.82) is 0 Å². The topological polar surface area (TPSA) is 0 Å². The van der Waals surface area contributed by atoms with E-state index in [0.29, 0.717) is 0 Å². The fourth-order valence-corrected chi connectivity index (χ4v) is 8.36. The summed E-state index contributed by atoms with van der Waals surface area (Å²) in [6, 6.07) is 23.7. The predicted octanol–water partition coefficient (Wildman–Crippen LogP) is 4.37. The second kappa shape index (κ2) is 6.43. The van der Waals surface area contributed by atoms with Gasteiger partial charge in [0.1, 0.15) is 0 Å². The molecule has 0 aromatic heterocycles. The van der Waals surface area contributed by atoms with Gasteiger partial charge in [-0.3, -0.25) is 0 Å². The lowest BCUT2D eigenvalue weighted by molar-refractivity contribution is 1.49. The average Bonchev–Trinajstić information content (AvgIpc) is 2.55. The zero-order valence-electron chi connectivity index (χ0n) is 13.8. The maximum atomic E-state index is 6.48. The summed E-state index contributed by atoms with van der Waals surface area (Å²) in [6.07, 6.45) is 0. The molecule has 0 bridgehead atoms. The highest BCUT2D eigenvalue weighted by molar-refractivity contribution is 8.25. The Morgan fingerprint density at radius 1 is 0.522 bits per heavy atom. The molecule has 0 aliphatic rings. The van der Waals surface area contributed by atoms with Crippen LogP contribution in [0.3, 0.4) is 0 Å². The standard InChI is InChI=1S/C21H21PS/c1-16-10-4-7-13-19(16)22(23,20-14-8-5-11-17(20)2)21-15-9-6-12-18(21)3/h4-15H,1-3H3. The summed E-state index contributed by atoms with van der Waals surface area (Å²) < 4.78 is 0. The summed E-state index contributed by atoms with van der Waals surface area (Å²) in [7, 11) is 0. The first-order valence-corrected chi connectivity index (χ1v) is 10.6. The Kier molecular flexibility index (Phi) is 4.53. The molecule has 0 saturated heterocycles. The van der Waals surface area contributed by atoms with Gasteiger partial charge in [0.05, 0.1) is 0 Å². The third kappa shape index (κ3) is 2.80. The van der Waals surface area contributed by atoms with Crippen molar-refractivity contribution in [3.8, 4) is 0 Å². The van der Waals surface area contributed by atoms with Crippen molar-refractivity contribution >= 4 is 33.8 Å². The van der Waals surface area contributed by atoms with E-state index in [4.69, 9.17) is 11.8 Å². The van der Waals surface area contributed by atoms with Gasteiger partial charge in [-0.15, -0.1) is 0 Å². The fourth-order valence-electron chi connectivity index (χ4n) is 3.14. The molecule has 3 aromatic carbocycles. The third-order valence-corrected chi connectivity index (χ3v) is 9.68. The molecule has 0 aliphatic carbocycles. The maximum Gasteiger partial charge on any atom is 0.0387 e. The van der Waals surface area contributed by atoms with Gasteiger partial charge < -0.3 is 0 Å². The van der Waals surface area contributed by atoms with E-state index in [1.807, 2.05) is 0 Å². The summed E-state index contributed by atoms with van der Waals surface area (Å²) in [5.41, 5.74) is 3.84. The molecule has 23 heavy (non-hydrogen) atoms. The molecule has 2 heteroatoms. The molecular formula is C21H21PS. The SMILES string of the molecule is Cc1ccccc1P(=S)(c1ccccc1C)c1ccccc1C. The Labute approximate surface area is 144 Å². The molecule has 116 valence electrons. The van der Waals surface area contributed by atoms with Crippen LogP contribution in [0.5, 0.6) is 0 Å². The van der Waals surface area contributed by atoms with Crippen LogP contribution in [0.25, 0.3) is 0 Å². The Balaban J connectivity index is 2.41. The Hall–Kier alpha value is -1.69. The Bertz CT molecular complexity index is 778. The summed E-state index contributed by atoms with van der Waals surface area (Å²) >= 11 is 6.48. The summed E-state index contributed by atoms with van der Waals surface area (Å²) in [5, 5.41) is 3.91. The number of hydrogen-bond donors (Lipinski definition) is 0. The van der Waals surface area contributed by atoms with Crippen LogP contribution < -0.4 is 15.9 Å². The molecular weight excluding hydrogens is 315 g/mol. The molecule has 0 nitrogen and oxygen atoms in total. The molecule has 0 atom stereocenters. The van der Waals surface area contributed by atoms with Gasteiger partial charge >= 0.3 is 0 Å². The van der Waals surface area contributed by atoms with Crippen LogP contribution >= 0.6 is 6.04 Å². The molecule has 0 aliphatic heterocycles. The summed E-state index contributed by atoms with van der Waals surface area (Å²) in [5.74, 6) is 0. The van der Waals surface area contributed by atoms with E-state index in [9.17, 15) is 0 Å². The molecule has 0 amide bonds. The van der Waals surface area contributed by atoms with Crippen LogP contribution in [0.2, 0.25) is 0 Å². The summed E-state index contributed by atoms with van der Waals surface area (Å²) in [4.78, 5) is 0. The van der Waals surface area contributed by atoms with Crippen molar-refractivity contribution in [1.82, 2.24) is 0 Å². The van der Waals surface area contributed by atoms with Crippen LogP contribution in [0, 0.1) is 20.8 Å². The van der Waals surface area contributed by atoms with Gasteiger partial charge in [0.2, 0.25) is 0 Å². The third-order valence-electron chi connectivity index (χ3n) is 4.36. The summed E-state index contributed by atoms with van der Waals surface area (Å²) in [6.45, 7) is 6.52. The number of rotatable bonds is 3. The number of aryl methyl sites for hydroxylation is 3. The zero-order chi connectivity index (χ0) is 16.4. The Morgan fingerprint density at radius 3 is 1.04 bits per heavy atom. The molecule has 0 spiro atoms. The van der Waals surface area contributed by atoms with Gasteiger partial charge in [0.15, 0.2) is 0 Å². The van der Waals surface area contributed by atoms with Gasteiger partial charge in [-0.1, -0.05) is 84.6 Å². The van der Waals surface area contributed by atoms with Crippen molar-refractivity contribution in [3.05, 3.63) is 89.5 Å². The minimum Gasteiger partial charge on any atom is -0.0826 e. The van der Waals surface area contributed by atoms with Gasteiger partial charge in [0.25, 0.3) is 0 Å². The molecule has 3 aromatic rings. The van der Waals surface area contributed by atoms with Crippen molar-refractivity contribution in [2.24, 2.45) is 0 Å². The lowest BCUT2D eigenvalue weighted by Gasteiger charge is -2.28. The largest absolute Gasteiger partial charge is 0.0826 e. The maximum absolute atomic E-state index is 6.48. The minimum atomic E-state index is -2.06. The van der Waals surface area contributed by atoms with Crippen molar-refractivity contribution < 1.29 is 0 Å². The average molecular weight is 336 g/mol. The molecule has 0 radical (unpaired) electrons. The molecule has 3 rings (SSSR count). The minimum absolute atomic E-state index is 1.28. The van der Waals surface area contributed by atoms with E-state index in [1.165, 1.54) is 32.6 Å². The first kappa shape index (κ1) is 16.2. The van der Waals surface area contributed by atoms with Crippen molar-refractivity contribution in [3.63, 3.8) is 0 Å². The van der Waals surface area contributed by atoms with E-state index in [0.717, 1.165) is 0 Å². The van der Waals surface area contributed by atoms with Gasteiger partial charge in [-0.05, 0) is 53.4 Å². The van der Waals surface area contributed by atoms with Gasteiger partial charge in [0, 0.05) is 6.04 Å². The zero-order valence-corrected chi connectivity index (χ0v) is 15.5. The van der Waals surface area contributed by atoms with E-state index in [2.05, 4.69) is 93.6 Å². The Morgan fingerprint density at radius 2 is 0.783 bits per heavy atom. The lowest BCUT2D eigenvalue weighted by atomic mass is 10.2. The lowest BCUT2D eigenvalue weighted by Crippen LogP contribution is -2.29. The number of hydrogen-bond acceptors (Lipinski definition) is 1. The van der Waals surface area contributed by atoms with E-state index < -0.39 is 6.04 Å². The fraction of sp³-hybridized carbons (Fsp3) is 0.143. The van der Waals surface area contributed by atoms with Gasteiger partial charge in [-0.25, -0.2) is 0 Å². The molecule has 0 saturated carbocycles. The highest BCUT2D eigenvalue weighted by Gasteiger charge is 2.28. The second-order valence-electron chi connectivity index (χ2n) is 5.97. The van der Waals surface area contributed by atoms with Crippen LogP contribution in [0.4, 0.5) is 0 Å². The second-order valence-corrected chi connectivity index (χ2v) is 10.3. The van der Waals surface area contributed by atoms with Crippen molar-refractivity contribution in [2.45, 2.75) is 20.8 Å². The first-order valence-electron chi connectivity index (χ1n) is 7.84. The van der Waals surface area contributed by atoms with Gasteiger partial charge in [-0.2, -0.15) is 0 Å². The molecule has 0 unspecified atom stereocenters. The molecule has 0 fully saturated rings. The van der Waals surface area contributed by atoms with E-state index in [-0.39, 0.29) is 0 Å². The normalized spacial score (nSPS) is 11.4. The first-order chi connectivity index (χ1) is 11.0. The van der Waals surface area contributed by atoms with Crippen LogP contribution in [-0.4, -0.2) is 0 Å². The highest BCUT2D eigenvalue weighted by atomic mass is 32.4. The monoisotopic (exact) mass is 336 g/mol.